The van der Waals surface area contributed by atoms with Gasteiger partial charge in [0, 0.05) is 20.3 Å². The standard InChI is InChI=1S/C8H18O2/c1-3-8(4-6-9)5-7-10-2/h8-9H,3-7H2,1-2H3. The van der Waals surface area contributed by atoms with E-state index in [1.54, 1.807) is 7.11 Å². The Kier molecular flexibility index (Phi) is 6.98. The third-order valence-electron chi connectivity index (χ3n) is 1.84. The van der Waals surface area contributed by atoms with Gasteiger partial charge in [0.25, 0.3) is 0 Å². The van der Waals surface area contributed by atoms with Crippen LogP contribution in [-0.2, 0) is 4.74 Å². The van der Waals surface area contributed by atoms with E-state index in [0.717, 1.165) is 25.9 Å². The Hall–Kier alpha value is -0.0800. The van der Waals surface area contributed by atoms with Gasteiger partial charge in [-0.25, -0.2) is 0 Å². The zero-order valence-electron chi connectivity index (χ0n) is 6.97. The van der Waals surface area contributed by atoms with E-state index in [1.165, 1.54) is 0 Å². The van der Waals surface area contributed by atoms with Gasteiger partial charge in [0.05, 0.1) is 0 Å². The minimum Gasteiger partial charge on any atom is -0.396 e. The summed E-state index contributed by atoms with van der Waals surface area (Å²) in [6, 6.07) is 0. The van der Waals surface area contributed by atoms with Crippen molar-refractivity contribution in [2.75, 3.05) is 20.3 Å². The first kappa shape index (κ1) is 9.92. The average molecular weight is 146 g/mol. The lowest BCUT2D eigenvalue weighted by atomic mass is 10.00. The van der Waals surface area contributed by atoms with Crippen molar-refractivity contribution >= 4 is 0 Å². The third-order valence-corrected chi connectivity index (χ3v) is 1.84. The summed E-state index contributed by atoms with van der Waals surface area (Å²) >= 11 is 0. The normalized spacial score (nSPS) is 13.5. The Bertz CT molecular complexity index is 64.3. The van der Waals surface area contributed by atoms with Crippen molar-refractivity contribution in [3.05, 3.63) is 0 Å². The largest absolute Gasteiger partial charge is 0.396 e. The molecule has 0 aliphatic rings. The average Bonchev–Trinajstić information content (AvgIpc) is 1.98. The molecule has 0 spiro atoms. The van der Waals surface area contributed by atoms with Crippen LogP contribution in [0.1, 0.15) is 26.2 Å². The minimum atomic E-state index is 0.308. The predicted molar refractivity (Wildman–Crippen MR) is 42.0 cm³/mol. The molecule has 0 fully saturated rings. The van der Waals surface area contributed by atoms with Crippen LogP contribution in [0.25, 0.3) is 0 Å². The maximum Gasteiger partial charge on any atom is 0.0464 e. The molecule has 2 heteroatoms. The first-order chi connectivity index (χ1) is 4.85. The number of methoxy groups -OCH3 is 1. The first-order valence-electron chi connectivity index (χ1n) is 3.95. The van der Waals surface area contributed by atoms with Crippen LogP contribution in [0.3, 0.4) is 0 Å². The van der Waals surface area contributed by atoms with Crippen molar-refractivity contribution in [3.8, 4) is 0 Å². The molecule has 1 atom stereocenters. The number of hydrogen-bond donors (Lipinski definition) is 1. The van der Waals surface area contributed by atoms with Crippen LogP contribution in [0.2, 0.25) is 0 Å². The fourth-order valence-electron chi connectivity index (χ4n) is 1.02. The van der Waals surface area contributed by atoms with Crippen LogP contribution in [0.5, 0.6) is 0 Å². The minimum absolute atomic E-state index is 0.308. The Morgan fingerprint density at radius 1 is 1.40 bits per heavy atom. The summed E-state index contributed by atoms with van der Waals surface area (Å²) in [5, 5.41) is 8.63. The van der Waals surface area contributed by atoms with Crippen LogP contribution in [0, 0.1) is 5.92 Å². The number of aliphatic hydroxyl groups is 1. The van der Waals surface area contributed by atoms with E-state index >= 15 is 0 Å². The molecule has 0 heterocycles. The van der Waals surface area contributed by atoms with Gasteiger partial charge in [-0.2, -0.15) is 0 Å². The van der Waals surface area contributed by atoms with Crippen LogP contribution in [0.15, 0.2) is 0 Å². The molecule has 0 saturated carbocycles. The van der Waals surface area contributed by atoms with E-state index in [-0.39, 0.29) is 0 Å². The molecular weight excluding hydrogens is 128 g/mol. The topological polar surface area (TPSA) is 29.5 Å². The fraction of sp³-hybridized carbons (Fsp3) is 1.00. The van der Waals surface area contributed by atoms with Gasteiger partial charge in [-0.15, -0.1) is 0 Å². The molecule has 0 saturated heterocycles. The van der Waals surface area contributed by atoms with Crippen molar-refractivity contribution in [3.63, 3.8) is 0 Å². The lowest BCUT2D eigenvalue weighted by Crippen LogP contribution is -2.05. The first-order valence-corrected chi connectivity index (χ1v) is 3.95. The Morgan fingerprint density at radius 2 is 2.10 bits per heavy atom. The van der Waals surface area contributed by atoms with Crippen molar-refractivity contribution < 1.29 is 9.84 Å². The predicted octanol–water partition coefficient (Wildman–Crippen LogP) is 1.43. The van der Waals surface area contributed by atoms with E-state index in [1.807, 2.05) is 0 Å². The van der Waals surface area contributed by atoms with Crippen LogP contribution in [0.4, 0.5) is 0 Å². The van der Waals surface area contributed by atoms with Crippen molar-refractivity contribution in [2.45, 2.75) is 26.2 Å². The van der Waals surface area contributed by atoms with Crippen molar-refractivity contribution in [2.24, 2.45) is 5.92 Å². The molecule has 0 aliphatic heterocycles. The van der Waals surface area contributed by atoms with Gasteiger partial charge in [-0.1, -0.05) is 13.3 Å². The zero-order valence-corrected chi connectivity index (χ0v) is 6.97. The lowest BCUT2D eigenvalue weighted by molar-refractivity contribution is 0.163. The summed E-state index contributed by atoms with van der Waals surface area (Å²) in [6.45, 7) is 3.27. The second-order valence-electron chi connectivity index (χ2n) is 2.57. The molecule has 1 N–H and O–H groups in total. The summed E-state index contributed by atoms with van der Waals surface area (Å²) in [5.41, 5.74) is 0. The highest BCUT2D eigenvalue weighted by atomic mass is 16.5. The molecule has 0 aromatic heterocycles. The van der Waals surface area contributed by atoms with Crippen LogP contribution < -0.4 is 0 Å². The molecular formula is C8H18O2. The molecule has 10 heavy (non-hydrogen) atoms. The zero-order chi connectivity index (χ0) is 7.82. The van der Waals surface area contributed by atoms with E-state index in [9.17, 15) is 0 Å². The molecule has 0 bridgehead atoms. The summed E-state index contributed by atoms with van der Waals surface area (Å²) in [4.78, 5) is 0. The quantitative estimate of drug-likeness (QED) is 0.614. The summed E-state index contributed by atoms with van der Waals surface area (Å²) < 4.78 is 4.94. The molecule has 0 aromatic carbocycles. The summed E-state index contributed by atoms with van der Waals surface area (Å²) in [6.07, 6.45) is 3.14. The van der Waals surface area contributed by atoms with Crippen molar-refractivity contribution in [1.29, 1.82) is 0 Å². The molecule has 0 rings (SSSR count). The molecule has 1 unspecified atom stereocenters. The fourth-order valence-corrected chi connectivity index (χ4v) is 1.02. The Balaban J connectivity index is 3.21. The lowest BCUT2D eigenvalue weighted by Gasteiger charge is -2.11. The summed E-state index contributed by atoms with van der Waals surface area (Å²) in [7, 11) is 1.71. The van der Waals surface area contributed by atoms with Gasteiger partial charge in [0.2, 0.25) is 0 Å². The number of rotatable bonds is 6. The third kappa shape index (κ3) is 4.77. The van der Waals surface area contributed by atoms with E-state index in [0.29, 0.717) is 12.5 Å². The Labute approximate surface area is 63.2 Å². The van der Waals surface area contributed by atoms with Crippen LogP contribution >= 0.6 is 0 Å². The van der Waals surface area contributed by atoms with Gasteiger partial charge in [0.1, 0.15) is 0 Å². The van der Waals surface area contributed by atoms with Gasteiger partial charge in [-0.05, 0) is 18.8 Å². The highest BCUT2D eigenvalue weighted by Gasteiger charge is 2.03. The molecule has 0 aromatic rings. The molecule has 0 amide bonds. The molecule has 62 valence electrons. The molecule has 0 aliphatic carbocycles. The Morgan fingerprint density at radius 3 is 2.50 bits per heavy atom. The highest BCUT2D eigenvalue weighted by Crippen LogP contribution is 2.11. The highest BCUT2D eigenvalue weighted by molar-refractivity contribution is 4.55. The summed E-state index contributed by atoms with van der Waals surface area (Å²) in [5.74, 6) is 0.643. The second kappa shape index (κ2) is 7.03. The van der Waals surface area contributed by atoms with E-state index in [2.05, 4.69) is 6.92 Å². The van der Waals surface area contributed by atoms with Crippen LogP contribution in [-0.4, -0.2) is 25.4 Å². The van der Waals surface area contributed by atoms with Gasteiger partial charge in [0.15, 0.2) is 0 Å². The smallest absolute Gasteiger partial charge is 0.0464 e. The van der Waals surface area contributed by atoms with Gasteiger partial charge < -0.3 is 9.84 Å². The molecule has 0 radical (unpaired) electrons. The SMILES string of the molecule is CCC(CCO)CCOC. The van der Waals surface area contributed by atoms with E-state index in [4.69, 9.17) is 9.84 Å². The number of hydrogen-bond acceptors (Lipinski definition) is 2. The van der Waals surface area contributed by atoms with Gasteiger partial charge in [-0.3, -0.25) is 0 Å². The monoisotopic (exact) mass is 146 g/mol. The maximum absolute atomic E-state index is 8.63. The second-order valence-corrected chi connectivity index (χ2v) is 2.57. The number of ether oxygens (including phenoxy) is 1. The molecule has 2 nitrogen and oxygen atoms in total. The van der Waals surface area contributed by atoms with E-state index < -0.39 is 0 Å². The van der Waals surface area contributed by atoms with Crippen molar-refractivity contribution in [1.82, 2.24) is 0 Å². The number of aliphatic hydroxyl groups excluding tert-OH is 1. The maximum atomic E-state index is 8.63. The van der Waals surface area contributed by atoms with Gasteiger partial charge >= 0.3 is 0 Å².